The first-order valence-corrected chi connectivity index (χ1v) is 10.2. The van der Waals surface area contributed by atoms with Gasteiger partial charge in [-0.1, -0.05) is 23.8 Å². The Balaban J connectivity index is 1.43. The Morgan fingerprint density at radius 3 is 2.63 bits per heavy atom. The molecule has 3 aromatic rings. The van der Waals surface area contributed by atoms with Gasteiger partial charge in [-0.3, -0.25) is 9.89 Å². The highest BCUT2D eigenvalue weighted by Crippen LogP contribution is 2.22. The minimum atomic E-state index is -3.46. The predicted octanol–water partition coefficient (Wildman–Crippen LogP) is 2.24. The highest BCUT2D eigenvalue weighted by atomic mass is 32.2. The first-order chi connectivity index (χ1) is 12.9. The lowest BCUT2D eigenvalue weighted by molar-refractivity contribution is 0.0947. The summed E-state index contributed by atoms with van der Waals surface area (Å²) in [7, 11) is -3.46. The van der Waals surface area contributed by atoms with E-state index in [4.69, 9.17) is 0 Å². The maximum atomic E-state index is 12.5. The fourth-order valence-electron chi connectivity index (χ4n) is 2.84. The number of sulfonamides is 1. The molecule has 8 heteroatoms. The van der Waals surface area contributed by atoms with Crippen molar-refractivity contribution in [3.8, 4) is 0 Å². The zero-order valence-electron chi connectivity index (χ0n) is 14.8. The van der Waals surface area contributed by atoms with Crippen LogP contribution in [0.5, 0.6) is 0 Å². The van der Waals surface area contributed by atoms with E-state index in [0.29, 0.717) is 5.69 Å². The quantitative estimate of drug-likeness (QED) is 0.606. The number of carbonyl (C=O) groups excluding carboxylic acids is 1. The van der Waals surface area contributed by atoms with E-state index in [-0.39, 0.29) is 23.4 Å². The number of benzene rings is 2. The van der Waals surface area contributed by atoms with Crippen LogP contribution in [0, 0.1) is 6.92 Å². The summed E-state index contributed by atoms with van der Waals surface area (Å²) >= 11 is 0. The van der Waals surface area contributed by atoms with E-state index in [1.165, 1.54) is 0 Å². The van der Waals surface area contributed by atoms with Crippen LogP contribution in [-0.2, 0) is 16.6 Å². The first kappa shape index (κ1) is 17.7. The average molecular weight is 384 g/mol. The Labute approximate surface area is 157 Å². The Morgan fingerprint density at radius 2 is 1.93 bits per heavy atom. The molecular formula is C19H20N4O3S. The first-order valence-electron chi connectivity index (χ1n) is 8.76. The number of nitrogens with zero attached hydrogens (tertiary/aromatic N) is 1. The smallest absolute Gasteiger partial charge is 0.272 e. The van der Waals surface area contributed by atoms with Crippen molar-refractivity contribution < 1.29 is 13.2 Å². The summed E-state index contributed by atoms with van der Waals surface area (Å²) in [5.41, 5.74) is 3.02. The van der Waals surface area contributed by atoms with Gasteiger partial charge in [-0.15, -0.1) is 0 Å². The summed E-state index contributed by atoms with van der Waals surface area (Å²) in [6.45, 7) is 2.25. The predicted molar refractivity (Wildman–Crippen MR) is 102 cm³/mol. The number of amides is 1. The third-order valence-electron chi connectivity index (χ3n) is 4.52. The molecule has 1 aromatic heterocycles. The van der Waals surface area contributed by atoms with Gasteiger partial charge in [0.2, 0.25) is 10.0 Å². The van der Waals surface area contributed by atoms with Gasteiger partial charge in [-0.25, -0.2) is 13.1 Å². The maximum Gasteiger partial charge on any atom is 0.272 e. The molecule has 7 nitrogen and oxygen atoms in total. The normalized spacial score (nSPS) is 14.4. The molecule has 140 valence electrons. The second kappa shape index (κ2) is 6.79. The summed E-state index contributed by atoms with van der Waals surface area (Å²) < 4.78 is 27.0. The maximum absolute atomic E-state index is 12.5. The number of aromatic nitrogens is 2. The van der Waals surface area contributed by atoms with Crippen LogP contribution in [0.3, 0.4) is 0 Å². The van der Waals surface area contributed by atoms with Gasteiger partial charge in [0.05, 0.1) is 10.4 Å². The molecular weight excluding hydrogens is 364 g/mol. The number of fused-ring (bicyclic) bond motifs is 1. The molecule has 1 aliphatic rings. The van der Waals surface area contributed by atoms with Crippen LogP contribution in [-0.4, -0.2) is 30.6 Å². The fourth-order valence-corrected chi connectivity index (χ4v) is 4.15. The van der Waals surface area contributed by atoms with Crippen molar-refractivity contribution in [1.82, 2.24) is 20.2 Å². The summed E-state index contributed by atoms with van der Waals surface area (Å²) in [6.07, 6.45) is 1.79. The van der Waals surface area contributed by atoms with E-state index < -0.39 is 10.0 Å². The van der Waals surface area contributed by atoms with Gasteiger partial charge in [0, 0.05) is 18.0 Å². The van der Waals surface area contributed by atoms with Crippen LogP contribution in [0.25, 0.3) is 10.9 Å². The van der Waals surface area contributed by atoms with Gasteiger partial charge in [0.25, 0.3) is 5.91 Å². The second-order valence-corrected chi connectivity index (χ2v) is 8.56. The average Bonchev–Trinajstić information content (AvgIpc) is 3.35. The summed E-state index contributed by atoms with van der Waals surface area (Å²) in [4.78, 5) is 12.7. The number of aromatic amines is 1. The van der Waals surface area contributed by atoms with Gasteiger partial charge in [-0.05, 0) is 49.6 Å². The third-order valence-corrected chi connectivity index (χ3v) is 6.06. The van der Waals surface area contributed by atoms with Gasteiger partial charge < -0.3 is 5.32 Å². The lowest BCUT2D eigenvalue weighted by Gasteiger charge is -2.07. The van der Waals surface area contributed by atoms with Gasteiger partial charge in [-0.2, -0.15) is 5.10 Å². The molecule has 0 radical (unpaired) electrons. The SMILES string of the molecule is Cc1ccc2[nH]nc(C(=O)NCc3ccc(S(=O)(=O)NC4CC4)cc3)c2c1. The molecule has 3 N–H and O–H groups in total. The highest BCUT2D eigenvalue weighted by Gasteiger charge is 2.27. The van der Waals surface area contributed by atoms with Crippen LogP contribution in [0.2, 0.25) is 0 Å². The number of aryl methyl sites for hydroxylation is 1. The molecule has 0 unspecified atom stereocenters. The third kappa shape index (κ3) is 3.86. The van der Waals surface area contributed by atoms with Crippen molar-refractivity contribution >= 4 is 26.8 Å². The molecule has 1 saturated carbocycles. The number of nitrogens with one attached hydrogen (secondary N) is 3. The molecule has 0 aliphatic heterocycles. The molecule has 0 saturated heterocycles. The molecule has 1 heterocycles. The van der Waals surface area contributed by atoms with Crippen LogP contribution < -0.4 is 10.0 Å². The standard InChI is InChI=1S/C19H20N4O3S/c1-12-2-9-17-16(10-12)18(22-21-17)19(24)20-11-13-3-7-15(8-4-13)27(25,26)23-14-5-6-14/h2-4,7-10,14,23H,5-6,11H2,1H3,(H,20,24)(H,21,22). The van der Waals surface area contributed by atoms with E-state index in [1.807, 2.05) is 25.1 Å². The molecule has 4 rings (SSSR count). The topological polar surface area (TPSA) is 104 Å². The molecule has 1 fully saturated rings. The summed E-state index contributed by atoms with van der Waals surface area (Å²) in [6, 6.07) is 12.3. The Morgan fingerprint density at radius 1 is 1.19 bits per heavy atom. The molecule has 0 atom stereocenters. The highest BCUT2D eigenvalue weighted by molar-refractivity contribution is 7.89. The zero-order valence-corrected chi connectivity index (χ0v) is 15.6. The van der Waals surface area contributed by atoms with Crippen molar-refractivity contribution in [3.63, 3.8) is 0 Å². The minimum Gasteiger partial charge on any atom is -0.347 e. The molecule has 1 amide bonds. The lowest BCUT2D eigenvalue weighted by Crippen LogP contribution is -2.26. The minimum absolute atomic E-state index is 0.0706. The molecule has 27 heavy (non-hydrogen) atoms. The Kier molecular flexibility index (Phi) is 4.45. The van der Waals surface area contributed by atoms with Crippen LogP contribution in [0.15, 0.2) is 47.4 Å². The monoisotopic (exact) mass is 384 g/mol. The molecule has 0 spiro atoms. The van der Waals surface area contributed by atoms with E-state index in [9.17, 15) is 13.2 Å². The van der Waals surface area contributed by atoms with Crippen molar-refractivity contribution in [2.24, 2.45) is 0 Å². The van der Waals surface area contributed by atoms with Gasteiger partial charge in [0.1, 0.15) is 0 Å². The van der Waals surface area contributed by atoms with Crippen LogP contribution in [0.1, 0.15) is 34.5 Å². The second-order valence-electron chi connectivity index (χ2n) is 6.84. The van der Waals surface area contributed by atoms with E-state index in [1.54, 1.807) is 24.3 Å². The van der Waals surface area contributed by atoms with Gasteiger partial charge in [0.15, 0.2) is 5.69 Å². The van der Waals surface area contributed by atoms with Crippen molar-refractivity contribution in [2.45, 2.75) is 37.2 Å². The Hall–Kier alpha value is -2.71. The molecule has 2 aromatic carbocycles. The summed E-state index contributed by atoms with van der Waals surface area (Å²) in [5.74, 6) is -0.279. The molecule has 0 bridgehead atoms. The van der Waals surface area contributed by atoms with E-state index >= 15 is 0 Å². The van der Waals surface area contributed by atoms with E-state index in [0.717, 1.165) is 34.9 Å². The number of rotatable bonds is 6. The number of hydrogen-bond donors (Lipinski definition) is 3. The fraction of sp³-hybridized carbons (Fsp3) is 0.263. The largest absolute Gasteiger partial charge is 0.347 e. The lowest BCUT2D eigenvalue weighted by atomic mass is 10.1. The van der Waals surface area contributed by atoms with Crippen LogP contribution in [0.4, 0.5) is 0 Å². The molecule has 1 aliphatic carbocycles. The zero-order chi connectivity index (χ0) is 19.0. The number of hydrogen-bond acceptors (Lipinski definition) is 4. The summed E-state index contributed by atoms with van der Waals surface area (Å²) in [5, 5.41) is 10.6. The number of H-pyrrole nitrogens is 1. The van der Waals surface area contributed by atoms with Crippen molar-refractivity contribution in [3.05, 3.63) is 59.3 Å². The van der Waals surface area contributed by atoms with Crippen molar-refractivity contribution in [1.29, 1.82) is 0 Å². The van der Waals surface area contributed by atoms with Crippen LogP contribution >= 0.6 is 0 Å². The van der Waals surface area contributed by atoms with Crippen molar-refractivity contribution in [2.75, 3.05) is 0 Å². The number of carbonyl (C=O) groups is 1. The van der Waals surface area contributed by atoms with E-state index in [2.05, 4.69) is 20.2 Å². The Bertz CT molecular complexity index is 1100. The van der Waals surface area contributed by atoms with Gasteiger partial charge >= 0.3 is 0 Å².